The van der Waals surface area contributed by atoms with Gasteiger partial charge in [0.2, 0.25) is 5.91 Å². The number of halogens is 1. The van der Waals surface area contributed by atoms with Crippen molar-refractivity contribution in [2.75, 3.05) is 25.2 Å². The fraction of sp³-hybridized carbons (Fsp3) is 0.467. The number of benzene rings is 1. The average molecular weight is 342 g/mol. The van der Waals surface area contributed by atoms with Crippen molar-refractivity contribution < 1.29 is 9.59 Å². The molecule has 120 valence electrons. The molecule has 1 fully saturated rings. The molecule has 5 nitrogen and oxygen atoms in total. The van der Waals surface area contributed by atoms with Crippen molar-refractivity contribution in [3.05, 3.63) is 34.9 Å². The molecule has 1 aromatic rings. The van der Waals surface area contributed by atoms with Gasteiger partial charge in [0.15, 0.2) is 0 Å². The molecule has 2 amide bonds. The third-order valence-corrected chi connectivity index (χ3v) is 4.88. The summed E-state index contributed by atoms with van der Waals surface area (Å²) >= 11 is 7.43. The van der Waals surface area contributed by atoms with E-state index in [1.54, 1.807) is 40.9 Å². The predicted octanol–water partition coefficient (Wildman–Crippen LogP) is 1.58. The maximum Gasteiger partial charge on any atom is 0.255 e. The Morgan fingerprint density at radius 1 is 1.41 bits per heavy atom. The molecule has 0 aliphatic carbocycles. The number of hydrogen-bond donors (Lipinski definition) is 2. The van der Waals surface area contributed by atoms with Crippen molar-refractivity contribution in [3.63, 3.8) is 0 Å². The van der Waals surface area contributed by atoms with Gasteiger partial charge in [-0.25, -0.2) is 0 Å². The molecule has 2 rings (SSSR count). The number of carbonyl (C=O) groups is 2. The Hall–Kier alpha value is -1.24. The fourth-order valence-electron chi connectivity index (χ4n) is 2.09. The summed E-state index contributed by atoms with van der Waals surface area (Å²) in [4.78, 5) is 26.5. The Balaban J connectivity index is 2.02. The third kappa shape index (κ3) is 4.15. The number of amides is 2. The zero-order valence-electron chi connectivity index (χ0n) is 12.6. The number of hydrogen-bond acceptors (Lipinski definition) is 4. The molecule has 0 radical (unpaired) electrons. The van der Waals surface area contributed by atoms with E-state index in [9.17, 15) is 9.59 Å². The second-order valence-electron chi connectivity index (χ2n) is 5.23. The zero-order valence-corrected chi connectivity index (χ0v) is 14.2. The first-order chi connectivity index (χ1) is 10.5. The Bertz CT molecular complexity index is 538. The SMILES string of the molecule is CNC(C)CNC(=O)C1CSCN1C(=O)c1ccc(Cl)cc1. The predicted molar refractivity (Wildman–Crippen MR) is 90.3 cm³/mol. The number of thioether (sulfide) groups is 1. The first kappa shape index (κ1) is 17.1. The van der Waals surface area contributed by atoms with Crippen LogP contribution in [0.5, 0.6) is 0 Å². The molecular weight excluding hydrogens is 322 g/mol. The summed E-state index contributed by atoms with van der Waals surface area (Å²) in [7, 11) is 1.85. The van der Waals surface area contributed by atoms with Crippen LogP contribution in [0.4, 0.5) is 0 Å². The summed E-state index contributed by atoms with van der Waals surface area (Å²) in [6, 6.07) is 6.51. The Morgan fingerprint density at radius 2 is 2.09 bits per heavy atom. The van der Waals surface area contributed by atoms with Gasteiger partial charge in [0.1, 0.15) is 6.04 Å². The van der Waals surface area contributed by atoms with Crippen molar-refractivity contribution in [1.29, 1.82) is 0 Å². The van der Waals surface area contributed by atoms with Gasteiger partial charge in [-0.05, 0) is 38.2 Å². The highest BCUT2D eigenvalue weighted by Gasteiger charge is 2.35. The molecule has 2 atom stereocenters. The summed E-state index contributed by atoms with van der Waals surface area (Å²) in [5, 5.41) is 6.54. The van der Waals surface area contributed by atoms with Crippen LogP contribution in [-0.4, -0.2) is 54.0 Å². The van der Waals surface area contributed by atoms with E-state index in [-0.39, 0.29) is 17.9 Å². The second kappa shape index (κ2) is 7.85. The van der Waals surface area contributed by atoms with Crippen LogP contribution in [0.1, 0.15) is 17.3 Å². The van der Waals surface area contributed by atoms with Crippen molar-refractivity contribution >= 4 is 35.2 Å². The zero-order chi connectivity index (χ0) is 16.1. The van der Waals surface area contributed by atoms with Crippen LogP contribution in [0.15, 0.2) is 24.3 Å². The Labute approximate surface area is 139 Å². The number of nitrogens with zero attached hydrogens (tertiary/aromatic N) is 1. The standard InChI is InChI=1S/C15H20ClN3O2S/c1-10(17-2)7-18-14(20)13-8-22-9-19(13)15(21)11-3-5-12(16)6-4-11/h3-6,10,13,17H,7-9H2,1-2H3,(H,18,20). The van der Waals surface area contributed by atoms with Gasteiger partial charge >= 0.3 is 0 Å². The monoisotopic (exact) mass is 341 g/mol. The molecule has 0 bridgehead atoms. The van der Waals surface area contributed by atoms with Crippen LogP contribution in [-0.2, 0) is 4.79 Å². The molecule has 2 N–H and O–H groups in total. The Morgan fingerprint density at radius 3 is 2.73 bits per heavy atom. The van der Waals surface area contributed by atoms with Crippen LogP contribution in [0.25, 0.3) is 0 Å². The molecule has 1 aromatic carbocycles. The maximum atomic E-state index is 12.5. The van der Waals surface area contributed by atoms with E-state index in [2.05, 4.69) is 10.6 Å². The molecule has 1 heterocycles. The van der Waals surface area contributed by atoms with Gasteiger partial charge < -0.3 is 15.5 Å². The summed E-state index contributed by atoms with van der Waals surface area (Å²) < 4.78 is 0. The van der Waals surface area contributed by atoms with E-state index in [4.69, 9.17) is 11.6 Å². The van der Waals surface area contributed by atoms with Crippen LogP contribution < -0.4 is 10.6 Å². The van der Waals surface area contributed by atoms with E-state index in [1.807, 2.05) is 14.0 Å². The lowest BCUT2D eigenvalue weighted by Crippen LogP contribution is -2.49. The summed E-state index contributed by atoms with van der Waals surface area (Å²) in [6.45, 7) is 2.53. The normalized spacial score (nSPS) is 19.0. The minimum atomic E-state index is -0.419. The minimum Gasteiger partial charge on any atom is -0.353 e. The van der Waals surface area contributed by atoms with Gasteiger partial charge in [-0.1, -0.05) is 11.6 Å². The van der Waals surface area contributed by atoms with E-state index < -0.39 is 6.04 Å². The topological polar surface area (TPSA) is 61.4 Å². The number of rotatable bonds is 5. The van der Waals surface area contributed by atoms with Gasteiger partial charge in [0.05, 0.1) is 5.88 Å². The van der Waals surface area contributed by atoms with Gasteiger partial charge in [-0.3, -0.25) is 9.59 Å². The van der Waals surface area contributed by atoms with Gasteiger partial charge in [0.25, 0.3) is 5.91 Å². The number of carbonyl (C=O) groups excluding carboxylic acids is 2. The van der Waals surface area contributed by atoms with Crippen molar-refractivity contribution in [3.8, 4) is 0 Å². The van der Waals surface area contributed by atoms with Gasteiger partial charge in [-0.2, -0.15) is 0 Å². The molecule has 2 unspecified atom stereocenters. The van der Waals surface area contributed by atoms with E-state index in [1.165, 1.54) is 0 Å². The van der Waals surface area contributed by atoms with Crippen molar-refractivity contribution in [1.82, 2.24) is 15.5 Å². The molecule has 1 aliphatic heterocycles. The van der Waals surface area contributed by atoms with Gasteiger partial charge in [0, 0.05) is 28.9 Å². The summed E-state index contributed by atoms with van der Waals surface area (Å²) in [6.07, 6.45) is 0. The molecule has 0 spiro atoms. The van der Waals surface area contributed by atoms with Crippen molar-refractivity contribution in [2.24, 2.45) is 0 Å². The first-order valence-corrected chi connectivity index (χ1v) is 8.65. The number of likely N-dealkylation sites (N-methyl/N-ethyl adjacent to an activating group) is 1. The second-order valence-corrected chi connectivity index (χ2v) is 6.67. The van der Waals surface area contributed by atoms with Crippen LogP contribution >= 0.6 is 23.4 Å². The molecule has 7 heteroatoms. The quantitative estimate of drug-likeness (QED) is 0.853. The lowest BCUT2D eigenvalue weighted by atomic mass is 10.1. The highest BCUT2D eigenvalue weighted by molar-refractivity contribution is 7.99. The third-order valence-electron chi connectivity index (χ3n) is 3.61. The molecule has 1 saturated heterocycles. The molecular formula is C15H20ClN3O2S. The van der Waals surface area contributed by atoms with E-state index >= 15 is 0 Å². The van der Waals surface area contributed by atoms with Crippen LogP contribution in [0.2, 0.25) is 5.02 Å². The molecule has 1 aliphatic rings. The van der Waals surface area contributed by atoms with Crippen LogP contribution in [0.3, 0.4) is 0 Å². The lowest BCUT2D eigenvalue weighted by Gasteiger charge is -2.24. The molecule has 0 aromatic heterocycles. The summed E-state index contributed by atoms with van der Waals surface area (Å²) in [5.74, 6) is 0.915. The summed E-state index contributed by atoms with van der Waals surface area (Å²) in [5.41, 5.74) is 0.549. The number of nitrogens with one attached hydrogen (secondary N) is 2. The van der Waals surface area contributed by atoms with Gasteiger partial charge in [-0.15, -0.1) is 11.8 Å². The largest absolute Gasteiger partial charge is 0.353 e. The highest BCUT2D eigenvalue weighted by atomic mass is 35.5. The molecule has 22 heavy (non-hydrogen) atoms. The van der Waals surface area contributed by atoms with E-state index in [0.29, 0.717) is 28.8 Å². The lowest BCUT2D eigenvalue weighted by molar-refractivity contribution is -0.124. The Kier molecular flexibility index (Phi) is 6.11. The van der Waals surface area contributed by atoms with Crippen molar-refractivity contribution in [2.45, 2.75) is 19.0 Å². The molecule has 0 saturated carbocycles. The first-order valence-electron chi connectivity index (χ1n) is 7.12. The maximum absolute atomic E-state index is 12.5. The average Bonchev–Trinajstić information content (AvgIpc) is 3.01. The van der Waals surface area contributed by atoms with E-state index in [0.717, 1.165) is 0 Å². The smallest absolute Gasteiger partial charge is 0.255 e. The highest BCUT2D eigenvalue weighted by Crippen LogP contribution is 2.23. The minimum absolute atomic E-state index is 0.102. The van der Waals surface area contributed by atoms with Crippen LogP contribution in [0, 0.1) is 0 Å². The fourth-order valence-corrected chi connectivity index (χ4v) is 3.37.